The molecule has 0 aromatic heterocycles. The molecule has 0 atom stereocenters. The van der Waals surface area contributed by atoms with Gasteiger partial charge in [-0.15, -0.1) is 0 Å². The minimum Gasteiger partial charge on any atom is -0.491 e. The third kappa shape index (κ3) is 8.04. The highest BCUT2D eigenvalue weighted by atomic mass is 19.4. The summed E-state index contributed by atoms with van der Waals surface area (Å²) < 4.78 is 49.1. The number of hydrogen-bond donors (Lipinski definition) is 3. The van der Waals surface area contributed by atoms with Gasteiger partial charge in [0, 0.05) is 35.8 Å². The highest BCUT2D eigenvalue weighted by Crippen LogP contribution is 2.30. The zero-order valence-electron chi connectivity index (χ0n) is 18.8. The number of hydrogen-bond acceptors (Lipinski definition) is 5. The molecule has 0 heterocycles. The number of halogens is 3. The van der Waals surface area contributed by atoms with Gasteiger partial charge in [-0.1, -0.05) is 18.2 Å². The first-order valence-corrected chi connectivity index (χ1v) is 10.6. The molecule has 0 aliphatic carbocycles. The Kier molecular flexibility index (Phi) is 8.69. The van der Waals surface area contributed by atoms with Crippen molar-refractivity contribution in [2.24, 2.45) is 0 Å². The highest BCUT2D eigenvalue weighted by molar-refractivity contribution is 6.05. The third-order valence-electron chi connectivity index (χ3n) is 4.70. The molecule has 3 N–H and O–H groups in total. The molecule has 0 spiro atoms. The van der Waals surface area contributed by atoms with Crippen LogP contribution in [0.2, 0.25) is 0 Å². The number of carbonyl (C=O) groups excluding carboxylic acids is 2. The Morgan fingerprint density at radius 3 is 2.26 bits per heavy atom. The molecule has 0 saturated carbocycles. The first kappa shape index (κ1) is 25.6. The maximum atomic E-state index is 12.9. The number of amides is 2. The van der Waals surface area contributed by atoms with E-state index in [1.807, 2.05) is 0 Å². The molecule has 0 saturated heterocycles. The Hall–Kier alpha value is -4.05. The molecular weight excluding hydrogens is 463 g/mol. The van der Waals surface area contributed by atoms with Gasteiger partial charge in [-0.25, -0.2) is 0 Å². The molecule has 0 aliphatic heterocycles. The molecule has 0 unspecified atom stereocenters. The standard InChI is InChI=1S/C25H24F3N3O4/c1-34-11-12-35-22-10-4-9-21(15-22)30-23(32)16-29-19-7-2-5-17(13-19)24(33)31-20-8-3-6-18(14-20)25(26,27)28/h2-10,13-15,29H,11-12,16H2,1H3,(H,30,32)(H,31,33). The van der Waals surface area contributed by atoms with E-state index in [1.165, 1.54) is 24.3 Å². The van der Waals surface area contributed by atoms with Gasteiger partial charge in [-0.05, 0) is 48.5 Å². The second-order valence-electron chi connectivity index (χ2n) is 7.38. The molecule has 3 aromatic rings. The molecule has 3 rings (SSSR count). The fourth-order valence-electron chi connectivity index (χ4n) is 3.04. The number of nitrogens with one attached hydrogen (secondary N) is 3. The fraction of sp³-hybridized carbons (Fsp3) is 0.200. The van der Waals surface area contributed by atoms with E-state index < -0.39 is 17.6 Å². The topological polar surface area (TPSA) is 88.7 Å². The highest BCUT2D eigenvalue weighted by Gasteiger charge is 2.30. The Bertz CT molecular complexity index is 1170. The zero-order valence-corrected chi connectivity index (χ0v) is 18.8. The van der Waals surface area contributed by atoms with Crippen LogP contribution in [0.5, 0.6) is 5.75 Å². The molecule has 0 fully saturated rings. The van der Waals surface area contributed by atoms with Gasteiger partial charge in [0.05, 0.1) is 18.7 Å². The van der Waals surface area contributed by atoms with E-state index in [0.717, 1.165) is 12.1 Å². The molecule has 0 radical (unpaired) electrons. The van der Waals surface area contributed by atoms with Crippen LogP contribution in [-0.4, -0.2) is 38.7 Å². The van der Waals surface area contributed by atoms with E-state index in [2.05, 4.69) is 16.0 Å². The van der Waals surface area contributed by atoms with Gasteiger partial charge in [0.2, 0.25) is 5.91 Å². The number of benzene rings is 3. The summed E-state index contributed by atoms with van der Waals surface area (Å²) in [6.07, 6.45) is -4.51. The monoisotopic (exact) mass is 487 g/mol. The summed E-state index contributed by atoms with van der Waals surface area (Å²) in [5.74, 6) is -0.312. The van der Waals surface area contributed by atoms with Crippen LogP contribution in [0.3, 0.4) is 0 Å². The number of rotatable bonds is 10. The quantitative estimate of drug-likeness (QED) is 0.349. The minimum absolute atomic E-state index is 0.0241. The lowest BCUT2D eigenvalue weighted by atomic mass is 10.1. The van der Waals surface area contributed by atoms with Gasteiger partial charge in [0.25, 0.3) is 5.91 Å². The Morgan fingerprint density at radius 2 is 1.51 bits per heavy atom. The van der Waals surface area contributed by atoms with Crippen LogP contribution in [0.1, 0.15) is 15.9 Å². The third-order valence-corrected chi connectivity index (χ3v) is 4.70. The predicted molar refractivity (Wildman–Crippen MR) is 127 cm³/mol. The average molecular weight is 487 g/mol. The Balaban J connectivity index is 1.55. The largest absolute Gasteiger partial charge is 0.491 e. The number of carbonyl (C=O) groups is 2. The van der Waals surface area contributed by atoms with Crippen molar-refractivity contribution in [3.05, 3.63) is 83.9 Å². The summed E-state index contributed by atoms with van der Waals surface area (Å²) in [5, 5.41) is 8.12. The van der Waals surface area contributed by atoms with E-state index >= 15 is 0 Å². The molecule has 184 valence electrons. The van der Waals surface area contributed by atoms with E-state index in [9.17, 15) is 22.8 Å². The van der Waals surface area contributed by atoms with Crippen LogP contribution in [0, 0.1) is 0 Å². The van der Waals surface area contributed by atoms with Crippen molar-refractivity contribution in [1.82, 2.24) is 0 Å². The maximum Gasteiger partial charge on any atom is 0.416 e. The summed E-state index contributed by atoms with van der Waals surface area (Å²) in [6.45, 7) is 0.748. The normalized spacial score (nSPS) is 11.0. The lowest BCUT2D eigenvalue weighted by Crippen LogP contribution is -2.22. The lowest BCUT2D eigenvalue weighted by molar-refractivity contribution is -0.137. The van der Waals surface area contributed by atoms with Gasteiger partial charge in [-0.2, -0.15) is 13.2 Å². The minimum atomic E-state index is -4.51. The zero-order chi connectivity index (χ0) is 25.3. The van der Waals surface area contributed by atoms with Crippen LogP contribution in [0.4, 0.5) is 30.2 Å². The number of anilines is 3. The molecule has 7 nitrogen and oxygen atoms in total. The fourth-order valence-corrected chi connectivity index (χ4v) is 3.04. The number of ether oxygens (including phenoxy) is 2. The Morgan fingerprint density at radius 1 is 0.829 bits per heavy atom. The second kappa shape index (κ2) is 11.9. The van der Waals surface area contributed by atoms with Crippen molar-refractivity contribution in [2.75, 3.05) is 42.8 Å². The summed E-state index contributed by atoms with van der Waals surface area (Å²) in [7, 11) is 1.57. The van der Waals surface area contributed by atoms with Gasteiger partial charge >= 0.3 is 6.18 Å². The smallest absolute Gasteiger partial charge is 0.416 e. The first-order valence-electron chi connectivity index (χ1n) is 10.6. The maximum absolute atomic E-state index is 12.9. The summed E-state index contributed by atoms with van der Waals surface area (Å²) in [4.78, 5) is 24.8. The average Bonchev–Trinajstić information content (AvgIpc) is 2.83. The summed E-state index contributed by atoms with van der Waals surface area (Å²) >= 11 is 0. The van der Waals surface area contributed by atoms with Crippen molar-refractivity contribution >= 4 is 28.9 Å². The molecule has 3 aromatic carbocycles. The van der Waals surface area contributed by atoms with Gasteiger partial charge in [0.1, 0.15) is 12.4 Å². The van der Waals surface area contributed by atoms with E-state index in [0.29, 0.717) is 30.3 Å². The van der Waals surface area contributed by atoms with Crippen molar-refractivity contribution in [3.63, 3.8) is 0 Å². The van der Waals surface area contributed by atoms with Gasteiger partial charge < -0.3 is 25.4 Å². The summed E-state index contributed by atoms with van der Waals surface area (Å²) in [5.41, 5.74) is 0.433. The van der Waals surface area contributed by atoms with Crippen LogP contribution < -0.4 is 20.7 Å². The van der Waals surface area contributed by atoms with E-state index in [4.69, 9.17) is 9.47 Å². The van der Waals surface area contributed by atoms with Crippen molar-refractivity contribution < 1.29 is 32.2 Å². The second-order valence-corrected chi connectivity index (χ2v) is 7.38. The van der Waals surface area contributed by atoms with Crippen molar-refractivity contribution in [1.29, 1.82) is 0 Å². The van der Waals surface area contributed by atoms with Crippen molar-refractivity contribution in [3.8, 4) is 5.75 Å². The molecule has 0 bridgehead atoms. The molecule has 10 heteroatoms. The molecular formula is C25H24F3N3O4. The molecule has 2 amide bonds. The van der Waals surface area contributed by atoms with Crippen LogP contribution in [0.25, 0.3) is 0 Å². The van der Waals surface area contributed by atoms with E-state index in [1.54, 1.807) is 43.5 Å². The molecule has 35 heavy (non-hydrogen) atoms. The Labute approximate surface area is 200 Å². The van der Waals surface area contributed by atoms with Gasteiger partial charge in [0.15, 0.2) is 0 Å². The van der Waals surface area contributed by atoms with Crippen LogP contribution in [-0.2, 0) is 15.7 Å². The predicted octanol–water partition coefficient (Wildman–Crippen LogP) is 5.03. The van der Waals surface area contributed by atoms with Crippen LogP contribution in [0.15, 0.2) is 72.8 Å². The first-order chi connectivity index (χ1) is 16.7. The van der Waals surface area contributed by atoms with Gasteiger partial charge in [-0.3, -0.25) is 9.59 Å². The SMILES string of the molecule is COCCOc1cccc(NC(=O)CNc2cccc(C(=O)Nc3cccc(C(F)(F)F)c3)c2)c1. The van der Waals surface area contributed by atoms with Crippen LogP contribution >= 0.6 is 0 Å². The number of alkyl halides is 3. The lowest BCUT2D eigenvalue weighted by Gasteiger charge is -2.12. The molecule has 0 aliphatic rings. The number of methoxy groups -OCH3 is 1. The summed E-state index contributed by atoms with van der Waals surface area (Å²) in [6, 6.07) is 17.6. The van der Waals surface area contributed by atoms with Crippen molar-refractivity contribution in [2.45, 2.75) is 6.18 Å². The van der Waals surface area contributed by atoms with E-state index in [-0.39, 0.29) is 23.7 Å².